The molecule has 0 saturated carbocycles. The molecule has 1 aromatic carbocycles. The first-order valence-electron chi connectivity index (χ1n) is 9.60. The second-order valence-electron chi connectivity index (χ2n) is 7.44. The third-order valence-corrected chi connectivity index (χ3v) is 5.60. The number of hydrogen-bond acceptors (Lipinski definition) is 4. The number of nitrogens with one attached hydrogen (secondary N) is 2. The van der Waals surface area contributed by atoms with E-state index in [0.717, 1.165) is 49.4 Å². The van der Waals surface area contributed by atoms with Gasteiger partial charge >= 0.3 is 0 Å². The van der Waals surface area contributed by atoms with Gasteiger partial charge in [0.1, 0.15) is 0 Å². The summed E-state index contributed by atoms with van der Waals surface area (Å²) in [5.41, 5.74) is 3.95. The number of nitrogens with zero attached hydrogens (tertiary/aromatic N) is 2. The van der Waals surface area contributed by atoms with Crippen molar-refractivity contribution in [3.8, 4) is 0 Å². The highest BCUT2D eigenvalue weighted by molar-refractivity contribution is 5.83. The van der Waals surface area contributed by atoms with Gasteiger partial charge in [-0.15, -0.1) is 0 Å². The lowest BCUT2D eigenvalue weighted by atomic mass is 9.78. The number of carbonyl (C=O) groups is 1. The third-order valence-electron chi connectivity index (χ3n) is 5.60. The van der Waals surface area contributed by atoms with Crippen LogP contribution in [-0.4, -0.2) is 42.5 Å². The van der Waals surface area contributed by atoms with E-state index in [2.05, 4.69) is 34.8 Å². The average Bonchev–Trinajstić information content (AvgIpc) is 2.94. The van der Waals surface area contributed by atoms with Crippen LogP contribution < -0.4 is 10.6 Å². The number of aryl methyl sites for hydroxylation is 1. The maximum absolute atomic E-state index is 13.0. The van der Waals surface area contributed by atoms with E-state index >= 15 is 0 Å². The Bertz CT molecular complexity index is 758. The molecule has 27 heavy (non-hydrogen) atoms. The molecule has 6 nitrogen and oxygen atoms in total. The summed E-state index contributed by atoms with van der Waals surface area (Å²) in [7, 11) is 1.67. The van der Waals surface area contributed by atoms with Crippen LogP contribution >= 0.6 is 0 Å². The number of piperidine rings is 1. The van der Waals surface area contributed by atoms with Gasteiger partial charge in [0, 0.05) is 24.9 Å². The van der Waals surface area contributed by atoms with Crippen molar-refractivity contribution in [2.45, 2.75) is 39.8 Å². The topological polar surface area (TPSA) is 68.2 Å². The molecule has 1 saturated heterocycles. The number of carbonyl (C=O) groups excluding carboxylic acids is 1. The van der Waals surface area contributed by atoms with Crippen LogP contribution in [-0.2, 0) is 22.6 Å². The summed E-state index contributed by atoms with van der Waals surface area (Å²) in [5.74, 6) is 0.0838. The van der Waals surface area contributed by atoms with Crippen molar-refractivity contribution >= 4 is 5.91 Å². The van der Waals surface area contributed by atoms with E-state index in [4.69, 9.17) is 4.74 Å². The molecule has 0 atom stereocenters. The summed E-state index contributed by atoms with van der Waals surface area (Å²) < 4.78 is 7.39. The molecule has 1 amide bonds. The fourth-order valence-electron chi connectivity index (χ4n) is 3.87. The Balaban J connectivity index is 1.69. The van der Waals surface area contributed by atoms with E-state index < -0.39 is 5.41 Å². The summed E-state index contributed by atoms with van der Waals surface area (Å²) in [6.45, 7) is 7.48. The van der Waals surface area contributed by atoms with E-state index in [-0.39, 0.29) is 5.91 Å². The lowest BCUT2D eigenvalue weighted by molar-refractivity contribution is -0.136. The Kier molecular flexibility index (Phi) is 6.29. The van der Waals surface area contributed by atoms with Crippen LogP contribution in [0.5, 0.6) is 0 Å². The number of amides is 1. The SMILES string of the molecule is COCC1(C(=O)NCc2c(C)nn(Cc3ccccc3)c2C)CCNCC1. The van der Waals surface area contributed by atoms with Crippen LogP contribution in [0.3, 0.4) is 0 Å². The monoisotopic (exact) mass is 370 g/mol. The number of methoxy groups -OCH3 is 1. The summed E-state index contributed by atoms with van der Waals surface area (Å²) in [6.07, 6.45) is 1.61. The first-order valence-corrected chi connectivity index (χ1v) is 9.60. The lowest BCUT2D eigenvalue weighted by Gasteiger charge is -2.35. The highest BCUT2D eigenvalue weighted by atomic mass is 16.5. The minimum absolute atomic E-state index is 0.0838. The molecule has 2 aromatic rings. The van der Waals surface area contributed by atoms with Crippen molar-refractivity contribution in [3.63, 3.8) is 0 Å². The smallest absolute Gasteiger partial charge is 0.228 e. The largest absolute Gasteiger partial charge is 0.384 e. The Morgan fingerprint density at radius 1 is 1.26 bits per heavy atom. The fourth-order valence-corrected chi connectivity index (χ4v) is 3.87. The van der Waals surface area contributed by atoms with Crippen molar-refractivity contribution in [3.05, 3.63) is 52.8 Å². The maximum atomic E-state index is 13.0. The molecule has 1 aromatic heterocycles. The second-order valence-corrected chi connectivity index (χ2v) is 7.44. The first-order chi connectivity index (χ1) is 13.1. The van der Waals surface area contributed by atoms with Crippen LogP contribution in [0.1, 0.15) is 35.4 Å². The number of ether oxygens (including phenoxy) is 1. The molecule has 2 heterocycles. The number of aromatic nitrogens is 2. The molecule has 0 radical (unpaired) electrons. The maximum Gasteiger partial charge on any atom is 0.228 e. The van der Waals surface area contributed by atoms with Crippen molar-refractivity contribution < 1.29 is 9.53 Å². The minimum atomic E-state index is -0.429. The molecular formula is C21H30N4O2. The molecule has 6 heteroatoms. The summed E-state index contributed by atoms with van der Waals surface area (Å²) >= 11 is 0. The molecule has 1 aliphatic heterocycles. The Morgan fingerprint density at radius 2 is 1.96 bits per heavy atom. The molecule has 2 N–H and O–H groups in total. The quantitative estimate of drug-likeness (QED) is 0.784. The Morgan fingerprint density at radius 3 is 2.63 bits per heavy atom. The van der Waals surface area contributed by atoms with Crippen LogP contribution in [0.4, 0.5) is 0 Å². The fraction of sp³-hybridized carbons (Fsp3) is 0.524. The summed E-state index contributed by atoms with van der Waals surface area (Å²) in [4.78, 5) is 13.0. The van der Waals surface area contributed by atoms with E-state index in [1.165, 1.54) is 5.56 Å². The standard InChI is InChI=1S/C21H30N4O2/c1-16-19(17(2)25(24-16)14-18-7-5-4-6-8-18)13-23-20(26)21(15-27-3)9-11-22-12-10-21/h4-8,22H,9-15H2,1-3H3,(H,23,26). The minimum Gasteiger partial charge on any atom is -0.384 e. The zero-order valence-electron chi connectivity index (χ0n) is 16.5. The van der Waals surface area contributed by atoms with Gasteiger partial charge in [0.2, 0.25) is 5.91 Å². The van der Waals surface area contributed by atoms with Crippen LogP contribution in [0.15, 0.2) is 30.3 Å². The molecular weight excluding hydrogens is 340 g/mol. The molecule has 0 unspecified atom stereocenters. The first kappa shape index (κ1) is 19.6. The summed E-state index contributed by atoms with van der Waals surface area (Å²) in [5, 5.41) is 11.2. The molecule has 0 bridgehead atoms. The zero-order valence-corrected chi connectivity index (χ0v) is 16.5. The highest BCUT2D eigenvalue weighted by Crippen LogP contribution is 2.29. The van der Waals surface area contributed by atoms with Crippen molar-refractivity contribution in [2.24, 2.45) is 5.41 Å². The van der Waals surface area contributed by atoms with Gasteiger partial charge < -0.3 is 15.4 Å². The van der Waals surface area contributed by atoms with Gasteiger partial charge in [0.15, 0.2) is 0 Å². The van der Waals surface area contributed by atoms with E-state index in [1.54, 1.807) is 7.11 Å². The van der Waals surface area contributed by atoms with Crippen molar-refractivity contribution in [2.75, 3.05) is 26.8 Å². The molecule has 0 spiro atoms. The van der Waals surface area contributed by atoms with Gasteiger partial charge in [-0.1, -0.05) is 30.3 Å². The second kappa shape index (κ2) is 8.67. The van der Waals surface area contributed by atoms with Crippen LogP contribution in [0, 0.1) is 19.3 Å². The Labute approximate surface area is 161 Å². The van der Waals surface area contributed by atoms with Gasteiger partial charge in [-0.2, -0.15) is 5.10 Å². The van der Waals surface area contributed by atoms with Crippen molar-refractivity contribution in [1.29, 1.82) is 0 Å². The normalized spacial score (nSPS) is 16.3. The van der Waals surface area contributed by atoms with Crippen molar-refractivity contribution in [1.82, 2.24) is 20.4 Å². The predicted molar refractivity (Wildman–Crippen MR) is 106 cm³/mol. The van der Waals surface area contributed by atoms with E-state index in [1.807, 2.05) is 29.8 Å². The summed E-state index contributed by atoms with van der Waals surface area (Å²) in [6, 6.07) is 10.3. The molecule has 0 aliphatic carbocycles. The van der Waals surface area contributed by atoms with Gasteiger partial charge in [0.05, 0.1) is 24.3 Å². The Hall–Kier alpha value is -2.18. The van der Waals surface area contributed by atoms with E-state index in [0.29, 0.717) is 13.2 Å². The predicted octanol–water partition coefficient (Wildman–Crippen LogP) is 2.18. The molecule has 3 rings (SSSR count). The molecule has 1 aliphatic rings. The van der Waals surface area contributed by atoms with Gasteiger partial charge in [0.25, 0.3) is 0 Å². The van der Waals surface area contributed by atoms with E-state index in [9.17, 15) is 4.79 Å². The zero-order chi connectivity index (χ0) is 19.3. The average molecular weight is 370 g/mol. The van der Waals surface area contributed by atoms with Crippen LogP contribution in [0.2, 0.25) is 0 Å². The third kappa shape index (κ3) is 4.39. The lowest BCUT2D eigenvalue weighted by Crippen LogP contribution is -2.50. The highest BCUT2D eigenvalue weighted by Gasteiger charge is 2.39. The van der Waals surface area contributed by atoms with Gasteiger partial charge in [-0.05, 0) is 45.3 Å². The van der Waals surface area contributed by atoms with Gasteiger partial charge in [-0.25, -0.2) is 0 Å². The van der Waals surface area contributed by atoms with Crippen LogP contribution in [0.25, 0.3) is 0 Å². The molecule has 1 fully saturated rings. The number of benzene rings is 1. The molecule has 146 valence electrons. The number of rotatable bonds is 7. The number of hydrogen-bond donors (Lipinski definition) is 2. The van der Waals surface area contributed by atoms with Gasteiger partial charge in [-0.3, -0.25) is 9.48 Å².